The van der Waals surface area contributed by atoms with Gasteiger partial charge in [0, 0.05) is 5.39 Å². The molecule has 14 heavy (non-hydrogen) atoms. The van der Waals surface area contributed by atoms with Gasteiger partial charge < -0.3 is 4.98 Å². The van der Waals surface area contributed by atoms with Crippen molar-refractivity contribution in [1.29, 1.82) is 0 Å². The van der Waals surface area contributed by atoms with Gasteiger partial charge in [-0.05, 0) is 40.9 Å². The molecule has 0 saturated heterocycles. The molecule has 0 aliphatic carbocycles. The third kappa shape index (κ3) is 1.28. The van der Waals surface area contributed by atoms with Gasteiger partial charge in [-0.3, -0.25) is 4.79 Å². The molecule has 1 aromatic carbocycles. The fraction of sp³-hybridized carbons (Fsp3) is 0.182. The van der Waals surface area contributed by atoms with E-state index < -0.39 is 0 Å². The Morgan fingerprint density at radius 2 is 2.00 bits per heavy atom. The molecule has 2 rings (SSSR count). The Morgan fingerprint density at radius 3 is 2.71 bits per heavy atom. The lowest BCUT2D eigenvalue weighted by Crippen LogP contribution is -2.09. The first-order chi connectivity index (χ1) is 6.61. The van der Waals surface area contributed by atoms with E-state index in [4.69, 9.17) is 0 Å². The van der Waals surface area contributed by atoms with Crippen LogP contribution < -0.4 is 5.56 Å². The number of fused-ring (bicyclic) bond motifs is 1. The molecule has 2 nitrogen and oxygen atoms in total. The van der Waals surface area contributed by atoms with Crippen LogP contribution in [0.5, 0.6) is 0 Å². The monoisotopic (exact) mass is 251 g/mol. The van der Waals surface area contributed by atoms with Gasteiger partial charge >= 0.3 is 0 Å². The fourth-order valence-corrected chi connectivity index (χ4v) is 1.92. The number of hydrogen-bond donors (Lipinski definition) is 1. The van der Waals surface area contributed by atoms with Crippen LogP contribution in [0.3, 0.4) is 0 Å². The summed E-state index contributed by atoms with van der Waals surface area (Å²) < 4.78 is 0.621. The number of pyridine rings is 1. The van der Waals surface area contributed by atoms with E-state index in [-0.39, 0.29) is 5.56 Å². The number of aromatic nitrogens is 1. The number of halogens is 1. The molecule has 0 fully saturated rings. The third-order valence-electron chi connectivity index (χ3n) is 2.44. The maximum absolute atomic E-state index is 11.5. The van der Waals surface area contributed by atoms with Gasteiger partial charge in [0.05, 0.1) is 9.99 Å². The van der Waals surface area contributed by atoms with Gasteiger partial charge in [-0.15, -0.1) is 0 Å². The van der Waals surface area contributed by atoms with Crippen molar-refractivity contribution >= 4 is 26.8 Å². The summed E-state index contributed by atoms with van der Waals surface area (Å²) >= 11 is 3.28. The predicted molar refractivity (Wildman–Crippen MR) is 61.7 cm³/mol. The van der Waals surface area contributed by atoms with Crippen molar-refractivity contribution in [1.82, 2.24) is 4.98 Å². The van der Waals surface area contributed by atoms with Crippen LogP contribution in [0.4, 0.5) is 0 Å². The van der Waals surface area contributed by atoms with E-state index in [0.29, 0.717) is 4.47 Å². The van der Waals surface area contributed by atoms with E-state index in [0.717, 1.165) is 22.0 Å². The maximum Gasteiger partial charge on any atom is 0.263 e. The van der Waals surface area contributed by atoms with Crippen molar-refractivity contribution < 1.29 is 0 Å². The van der Waals surface area contributed by atoms with Gasteiger partial charge in [0.2, 0.25) is 0 Å². The number of H-pyrrole nitrogens is 1. The molecule has 0 atom stereocenters. The lowest BCUT2D eigenvalue weighted by molar-refractivity contribution is 1.23. The number of benzene rings is 1. The molecule has 0 spiro atoms. The van der Waals surface area contributed by atoms with Crippen molar-refractivity contribution in [2.24, 2.45) is 0 Å². The quantitative estimate of drug-likeness (QED) is 0.768. The molecule has 3 heteroatoms. The molecule has 0 aliphatic heterocycles. The Hall–Kier alpha value is -1.09. The Morgan fingerprint density at radius 1 is 1.29 bits per heavy atom. The van der Waals surface area contributed by atoms with Gasteiger partial charge in [0.1, 0.15) is 0 Å². The van der Waals surface area contributed by atoms with Crippen LogP contribution in [0.1, 0.15) is 11.1 Å². The highest BCUT2D eigenvalue weighted by molar-refractivity contribution is 9.10. The summed E-state index contributed by atoms with van der Waals surface area (Å²) in [5.41, 5.74) is 2.95. The van der Waals surface area contributed by atoms with Crippen LogP contribution in [0.15, 0.2) is 27.5 Å². The van der Waals surface area contributed by atoms with E-state index in [2.05, 4.69) is 20.9 Å². The molecule has 0 saturated carbocycles. The Labute approximate surface area is 90.1 Å². The van der Waals surface area contributed by atoms with Crippen molar-refractivity contribution in [2.75, 3.05) is 0 Å². The average Bonchev–Trinajstić information content (AvgIpc) is 2.17. The molecule has 2 aromatic rings. The van der Waals surface area contributed by atoms with Crippen LogP contribution >= 0.6 is 15.9 Å². The number of rotatable bonds is 0. The van der Waals surface area contributed by atoms with Crippen molar-refractivity contribution in [3.8, 4) is 0 Å². The fourth-order valence-electron chi connectivity index (χ4n) is 1.60. The second-order valence-electron chi connectivity index (χ2n) is 3.39. The largest absolute Gasteiger partial charge is 0.321 e. The number of aromatic amines is 1. The molecule has 1 heterocycles. The van der Waals surface area contributed by atoms with Crippen LogP contribution in [0.2, 0.25) is 0 Å². The minimum Gasteiger partial charge on any atom is -0.321 e. The van der Waals surface area contributed by atoms with Crippen molar-refractivity contribution in [2.45, 2.75) is 13.8 Å². The summed E-state index contributed by atoms with van der Waals surface area (Å²) in [6.45, 7) is 3.94. The lowest BCUT2D eigenvalue weighted by Gasteiger charge is -2.05. The van der Waals surface area contributed by atoms with Gasteiger partial charge in [0.25, 0.3) is 5.56 Å². The van der Waals surface area contributed by atoms with Crippen LogP contribution in [0.25, 0.3) is 10.9 Å². The maximum atomic E-state index is 11.5. The molecule has 1 aromatic heterocycles. The zero-order chi connectivity index (χ0) is 10.3. The summed E-state index contributed by atoms with van der Waals surface area (Å²) in [4.78, 5) is 14.4. The molecule has 1 N–H and O–H groups in total. The molecule has 0 aliphatic rings. The molecule has 72 valence electrons. The Balaban J connectivity index is 3.06. The molecule has 0 unspecified atom stereocenters. The lowest BCUT2D eigenvalue weighted by atomic mass is 10.1. The van der Waals surface area contributed by atoms with Gasteiger partial charge in [-0.2, -0.15) is 0 Å². The smallest absolute Gasteiger partial charge is 0.263 e. The minimum atomic E-state index is -0.0655. The molecule has 0 amide bonds. The zero-order valence-corrected chi connectivity index (χ0v) is 9.60. The second-order valence-corrected chi connectivity index (χ2v) is 4.18. The third-order valence-corrected chi connectivity index (χ3v) is 3.40. The van der Waals surface area contributed by atoms with Gasteiger partial charge in [-0.1, -0.05) is 18.2 Å². The number of aryl methyl sites for hydroxylation is 2. The summed E-state index contributed by atoms with van der Waals surface area (Å²) in [7, 11) is 0. The van der Waals surface area contributed by atoms with Crippen molar-refractivity contribution in [3.05, 3.63) is 44.2 Å². The average molecular weight is 252 g/mol. The molecule has 0 radical (unpaired) electrons. The Bertz CT molecular complexity index is 557. The van der Waals surface area contributed by atoms with Crippen LogP contribution in [0, 0.1) is 13.8 Å². The van der Waals surface area contributed by atoms with E-state index in [9.17, 15) is 4.79 Å². The number of hydrogen-bond acceptors (Lipinski definition) is 1. The topological polar surface area (TPSA) is 32.9 Å². The minimum absolute atomic E-state index is 0.0655. The number of nitrogens with one attached hydrogen (secondary N) is 1. The highest BCUT2D eigenvalue weighted by Crippen LogP contribution is 2.22. The van der Waals surface area contributed by atoms with E-state index in [1.54, 1.807) is 0 Å². The van der Waals surface area contributed by atoms with Crippen LogP contribution in [-0.2, 0) is 0 Å². The predicted octanol–water partition coefficient (Wildman–Crippen LogP) is 2.91. The first-order valence-electron chi connectivity index (χ1n) is 4.39. The summed E-state index contributed by atoms with van der Waals surface area (Å²) in [5, 5.41) is 1.09. The van der Waals surface area contributed by atoms with E-state index >= 15 is 0 Å². The standard InChI is InChI=1S/C11H10BrNO/c1-6-4-3-5-8-7(2)9(12)11(14)13-10(6)8/h3-5H,1-2H3,(H,13,14). The Kier molecular flexibility index (Phi) is 2.19. The summed E-state index contributed by atoms with van der Waals surface area (Å²) in [6, 6.07) is 6.00. The van der Waals surface area contributed by atoms with Gasteiger partial charge in [-0.25, -0.2) is 0 Å². The highest BCUT2D eigenvalue weighted by atomic mass is 79.9. The summed E-state index contributed by atoms with van der Waals surface area (Å²) in [5.74, 6) is 0. The van der Waals surface area contributed by atoms with Crippen molar-refractivity contribution in [3.63, 3.8) is 0 Å². The molecular formula is C11H10BrNO. The number of para-hydroxylation sites is 1. The SMILES string of the molecule is Cc1c(Br)c(=O)[nH]c2c(C)cccc12. The zero-order valence-electron chi connectivity index (χ0n) is 8.02. The molecular weight excluding hydrogens is 242 g/mol. The van der Waals surface area contributed by atoms with E-state index in [1.165, 1.54) is 0 Å². The van der Waals surface area contributed by atoms with Crippen LogP contribution in [-0.4, -0.2) is 4.98 Å². The van der Waals surface area contributed by atoms with E-state index in [1.807, 2.05) is 32.0 Å². The molecule has 0 bridgehead atoms. The normalized spacial score (nSPS) is 10.8. The van der Waals surface area contributed by atoms with Gasteiger partial charge in [0.15, 0.2) is 0 Å². The first kappa shape index (κ1) is 9.46. The second kappa shape index (κ2) is 3.24. The highest BCUT2D eigenvalue weighted by Gasteiger charge is 2.06. The summed E-state index contributed by atoms with van der Waals surface area (Å²) in [6.07, 6.45) is 0. The first-order valence-corrected chi connectivity index (χ1v) is 5.18.